The van der Waals surface area contributed by atoms with E-state index in [1.54, 1.807) is 0 Å². The summed E-state index contributed by atoms with van der Waals surface area (Å²) in [4.78, 5) is 0. The predicted octanol–water partition coefficient (Wildman–Crippen LogP) is -5.03. The van der Waals surface area contributed by atoms with Gasteiger partial charge in [-0.2, -0.15) is 0 Å². The third-order valence-corrected chi connectivity index (χ3v) is 0. The Morgan fingerprint density at radius 2 is 0.750 bits per heavy atom. The van der Waals surface area contributed by atoms with E-state index in [0.29, 0.717) is 0 Å². The fourth-order valence-electron chi connectivity index (χ4n) is 0. The molecule has 0 aliphatic heterocycles. The van der Waals surface area contributed by atoms with Crippen LogP contribution in [0, 0.1) is 0 Å². The summed E-state index contributed by atoms with van der Waals surface area (Å²) in [6.45, 7) is 0. The van der Waals surface area contributed by atoms with Gasteiger partial charge >= 0.3 is 67.3 Å². The molecule has 0 rings (SSSR count). The summed E-state index contributed by atoms with van der Waals surface area (Å²) in [7, 11) is 0. The van der Waals surface area contributed by atoms with E-state index in [1.807, 2.05) is 0 Å². The van der Waals surface area contributed by atoms with E-state index in [9.17, 15) is 0 Å². The zero-order valence-corrected chi connectivity index (χ0v) is 6.92. The SMILES string of the molecule is O.O.[Ca+2].[Na+]. The maximum absolute atomic E-state index is 0. The fourth-order valence-corrected chi connectivity index (χ4v) is 0. The summed E-state index contributed by atoms with van der Waals surface area (Å²) in [5.74, 6) is 0. The van der Waals surface area contributed by atoms with Gasteiger partial charge in [-0.15, -0.1) is 0 Å². The number of hydrogen-bond donors (Lipinski definition) is 0. The van der Waals surface area contributed by atoms with Crippen molar-refractivity contribution in [3.05, 3.63) is 0 Å². The quantitative estimate of drug-likeness (QED) is 0.273. The van der Waals surface area contributed by atoms with Crippen LogP contribution in [0.5, 0.6) is 0 Å². The Kier molecular flexibility index (Phi) is 166. The Bertz CT molecular complexity index is 6.00. The summed E-state index contributed by atoms with van der Waals surface area (Å²) in [6.07, 6.45) is 0. The predicted molar refractivity (Wildman–Crippen MR) is 13.0 cm³/mol. The Morgan fingerprint density at radius 1 is 0.750 bits per heavy atom. The molecule has 2 nitrogen and oxygen atoms in total. The van der Waals surface area contributed by atoms with E-state index in [0.717, 1.165) is 0 Å². The molecule has 0 saturated carbocycles. The summed E-state index contributed by atoms with van der Waals surface area (Å²) < 4.78 is 0. The second-order valence-corrected chi connectivity index (χ2v) is 0. The van der Waals surface area contributed by atoms with Gasteiger partial charge < -0.3 is 11.0 Å². The van der Waals surface area contributed by atoms with Gasteiger partial charge in [-0.25, -0.2) is 0 Å². The Hall–Kier alpha value is 2.18. The molecule has 0 fully saturated rings. The standard InChI is InChI=1S/Ca.Na.2H2O/h;;2*1H2/q+2;+1;;. The molecule has 0 atom stereocenters. The van der Waals surface area contributed by atoms with E-state index in [-0.39, 0.29) is 78.2 Å². The van der Waals surface area contributed by atoms with Crippen molar-refractivity contribution >= 4 is 37.7 Å². The molecule has 0 aromatic carbocycles. The molecule has 0 heterocycles. The summed E-state index contributed by atoms with van der Waals surface area (Å²) >= 11 is 0. The summed E-state index contributed by atoms with van der Waals surface area (Å²) in [6, 6.07) is 0. The summed E-state index contributed by atoms with van der Waals surface area (Å²) in [5.41, 5.74) is 0. The van der Waals surface area contributed by atoms with Crippen LogP contribution in [0.4, 0.5) is 0 Å². The molecule has 0 amide bonds. The minimum Gasteiger partial charge on any atom is -0.412 e. The van der Waals surface area contributed by atoms with E-state index in [1.165, 1.54) is 0 Å². The van der Waals surface area contributed by atoms with Gasteiger partial charge in [0.25, 0.3) is 0 Å². The second-order valence-electron chi connectivity index (χ2n) is 0. The third kappa shape index (κ3) is 8.89. The minimum atomic E-state index is 0. The Balaban J connectivity index is 0. The van der Waals surface area contributed by atoms with Crippen molar-refractivity contribution in [2.75, 3.05) is 0 Å². The summed E-state index contributed by atoms with van der Waals surface area (Å²) in [5, 5.41) is 0. The first kappa shape index (κ1) is 34.9. The van der Waals surface area contributed by atoms with Gasteiger partial charge in [-0.1, -0.05) is 0 Å². The first-order chi connectivity index (χ1) is 0. The van der Waals surface area contributed by atoms with Gasteiger partial charge in [0.2, 0.25) is 0 Å². The number of hydrogen-bond acceptors (Lipinski definition) is 0. The largest absolute Gasteiger partial charge is 2.00 e. The minimum absolute atomic E-state index is 0. The van der Waals surface area contributed by atoms with Crippen molar-refractivity contribution < 1.29 is 40.5 Å². The zero-order chi connectivity index (χ0) is 0. The van der Waals surface area contributed by atoms with E-state index < -0.39 is 0 Å². The van der Waals surface area contributed by atoms with Crippen LogP contribution in [0.1, 0.15) is 0 Å². The molecular formula is H4CaNaO2+3. The first-order valence-corrected chi connectivity index (χ1v) is 0. The smallest absolute Gasteiger partial charge is 0.412 e. The molecule has 0 aromatic rings. The molecule has 0 saturated heterocycles. The van der Waals surface area contributed by atoms with Gasteiger partial charge in [-0.3, -0.25) is 0 Å². The molecule has 0 radical (unpaired) electrons. The molecule has 0 aromatic heterocycles. The van der Waals surface area contributed by atoms with E-state index >= 15 is 0 Å². The van der Waals surface area contributed by atoms with Crippen LogP contribution in [0.2, 0.25) is 0 Å². The molecule has 0 spiro atoms. The van der Waals surface area contributed by atoms with Crippen molar-refractivity contribution in [1.82, 2.24) is 0 Å². The molecule has 0 aliphatic rings. The van der Waals surface area contributed by atoms with E-state index in [4.69, 9.17) is 0 Å². The van der Waals surface area contributed by atoms with Crippen LogP contribution in [-0.4, -0.2) is 48.7 Å². The molecule has 16 valence electrons. The third-order valence-electron chi connectivity index (χ3n) is 0. The van der Waals surface area contributed by atoms with Crippen molar-refractivity contribution in [3.8, 4) is 0 Å². The molecule has 0 bridgehead atoms. The molecule has 4 heteroatoms. The van der Waals surface area contributed by atoms with Gasteiger partial charge in [-0.05, 0) is 0 Å². The number of rotatable bonds is 0. The fraction of sp³-hybridized carbons (Fsp3) is 0. The van der Waals surface area contributed by atoms with Gasteiger partial charge in [0.05, 0.1) is 0 Å². The van der Waals surface area contributed by atoms with Crippen molar-refractivity contribution in [2.24, 2.45) is 0 Å². The van der Waals surface area contributed by atoms with Gasteiger partial charge in [0, 0.05) is 0 Å². The molecule has 4 N–H and O–H groups in total. The van der Waals surface area contributed by atoms with Crippen molar-refractivity contribution in [2.45, 2.75) is 0 Å². The average Bonchev–Trinajstić information content (AvgIpc) is 0. The maximum atomic E-state index is 0. The van der Waals surface area contributed by atoms with Gasteiger partial charge in [0.15, 0.2) is 0 Å². The van der Waals surface area contributed by atoms with Crippen LogP contribution < -0.4 is 29.6 Å². The normalized spacial score (nSPS) is 0. The Morgan fingerprint density at radius 3 is 0.750 bits per heavy atom. The van der Waals surface area contributed by atoms with Crippen molar-refractivity contribution in [1.29, 1.82) is 0 Å². The van der Waals surface area contributed by atoms with Crippen LogP contribution in [-0.2, 0) is 0 Å². The second kappa shape index (κ2) is 19.0. The topological polar surface area (TPSA) is 63.0 Å². The van der Waals surface area contributed by atoms with Crippen LogP contribution in [0.3, 0.4) is 0 Å². The maximum Gasteiger partial charge on any atom is 2.00 e. The monoisotopic (exact) mass is 99.0 g/mol. The average molecular weight is 99.1 g/mol. The Labute approximate surface area is 76.9 Å². The van der Waals surface area contributed by atoms with E-state index in [2.05, 4.69) is 0 Å². The zero-order valence-electron chi connectivity index (χ0n) is 2.71. The van der Waals surface area contributed by atoms with Crippen molar-refractivity contribution in [3.63, 3.8) is 0 Å². The molecular weight excluding hydrogens is 95.1 g/mol. The van der Waals surface area contributed by atoms with Crippen LogP contribution in [0.15, 0.2) is 0 Å². The molecule has 4 heavy (non-hydrogen) atoms. The van der Waals surface area contributed by atoms with Crippen LogP contribution >= 0.6 is 0 Å². The van der Waals surface area contributed by atoms with Gasteiger partial charge in [0.1, 0.15) is 0 Å². The van der Waals surface area contributed by atoms with Crippen LogP contribution in [0.25, 0.3) is 0 Å². The molecule has 0 aliphatic carbocycles. The molecule has 0 unspecified atom stereocenters. The first-order valence-electron chi connectivity index (χ1n) is 0.